The number of rotatable bonds is 9. The molecule has 0 saturated carbocycles. The van der Waals surface area contributed by atoms with Crippen LogP contribution in [0.15, 0.2) is 48.7 Å². The Labute approximate surface area is 171 Å². The van der Waals surface area contributed by atoms with Crippen molar-refractivity contribution in [1.82, 2.24) is 15.2 Å². The van der Waals surface area contributed by atoms with E-state index in [1.807, 2.05) is 24.3 Å². The lowest BCUT2D eigenvalue weighted by Gasteiger charge is -2.16. The van der Waals surface area contributed by atoms with Crippen LogP contribution in [-0.2, 0) is 0 Å². The summed E-state index contributed by atoms with van der Waals surface area (Å²) in [5.74, 6) is 3.08. The van der Waals surface area contributed by atoms with Gasteiger partial charge in [0, 0.05) is 5.69 Å². The summed E-state index contributed by atoms with van der Waals surface area (Å²) in [5.41, 5.74) is 3.47. The molecular weight excluding hydrogens is 366 g/mol. The van der Waals surface area contributed by atoms with E-state index in [2.05, 4.69) is 64.8 Å². The number of hydrogen-bond acceptors (Lipinski definition) is 7. The minimum Gasteiger partial charge on any atom is -0.497 e. The largest absolute Gasteiger partial charge is 0.497 e. The average molecular weight is 393 g/mol. The number of nitrogens with one attached hydrogen (secondary N) is 2. The summed E-state index contributed by atoms with van der Waals surface area (Å²) in [6.45, 7) is 7.46. The third-order valence-corrected chi connectivity index (χ3v) is 4.45. The molecule has 7 heteroatoms. The summed E-state index contributed by atoms with van der Waals surface area (Å²) in [7, 11) is 1.64. The predicted octanol–water partition coefficient (Wildman–Crippen LogP) is 4.55. The molecular formula is C22H27N5O2. The van der Waals surface area contributed by atoms with Crippen LogP contribution in [0.4, 0.5) is 17.5 Å². The van der Waals surface area contributed by atoms with Gasteiger partial charge in [-0.25, -0.2) is 0 Å². The zero-order valence-corrected chi connectivity index (χ0v) is 17.3. The maximum absolute atomic E-state index is 5.70. The van der Waals surface area contributed by atoms with E-state index in [1.54, 1.807) is 13.3 Å². The Balaban J connectivity index is 1.57. The quantitative estimate of drug-likeness (QED) is 0.516. The molecule has 29 heavy (non-hydrogen) atoms. The first-order valence-electron chi connectivity index (χ1n) is 9.64. The molecule has 2 aromatic carbocycles. The Morgan fingerprint density at radius 3 is 2.52 bits per heavy atom. The fourth-order valence-corrected chi connectivity index (χ4v) is 2.91. The Morgan fingerprint density at radius 1 is 1.03 bits per heavy atom. The number of hydrogen-bond donors (Lipinski definition) is 2. The molecule has 2 N–H and O–H groups in total. The van der Waals surface area contributed by atoms with Crippen molar-refractivity contribution >= 4 is 17.5 Å². The number of aromatic nitrogens is 3. The molecule has 0 spiro atoms. The number of anilines is 3. The summed E-state index contributed by atoms with van der Waals surface area (Å²) in [6.07, 6.45) is 1.62. The van der Waals surface area contributed by atoms with Gasteiger partial charge in [-0.15, -0.1) is 5.10 Å². The highest BCUT2D eigenvalue weighted by Gasteiger charge is 2.10. The van der Waals surface area contributed by atoms with Gasteiger partial charge in [-0.3, -0.25) is 0 Å². The molecule has 0 bridgehead atoms. The molecule has 7 nitrogen and oxygen atoms in total. The predicted molar refractivity (Wildman–Crippen MR) is 115 cm³/mol. The van der Waals surface area contributed by atoms with Crippen LogP contribution >= 0.6 is 0 Å². The third-order valence-electron chi connectivity index (χ3n) is 4.45. The summed E-state index contributed by atoms with van der Waals surface area (Å²) < 4.78 is 10.8. The van der Waals surface area contributed by atoms with Gasteiger partial charge in [0.05, 0.1) is 19.9 Å². The zero-order valence-electron chi connectivity index (χ0n) is 17.3. The van der Waals surface area contributed by atoms with E-state index in [-0.39, 0.29) is 0 Å². The van der Waals surface area contributed by atoms with Gasteiger partial charge in [0.2, 0.25) is 5.95 Å². The van der Waals surface area contributed by atoms with Crippen LogP contribution in [-0.4, -0.2) is 35.4 Å². The molecule has 3 rings (SSSR count). The van der Waals surface area contributed by atoms with Crippen LogP contribution in [0, 0.1) is 6.92 Å². The first-order chi connectivity index (χ1) is 14.1. The SMILES string of the molecule is COc1ccc(OCCNc2nncc(Nc3c(C)cccc3C(C)C)n2)cc1. The van der Waals surface area contributed by atoms with E-state index in [9.17, 15) is 0 Å². The first kappa shape index (κ1) is 20.4. The van der Waals surface area contributed by atoms with Gasteiger partial charge < -0.3 is 20.1 Å². The molecule has 0 unspecified atom stereocenters. The lowest BCUT2D eigenvalue weighted by molar-refractivity contribution is 0.331. The highest BCUT2D eigenvalue weighted by molar-refractivity contribution is 5.65. The standard InChI is InChI=1S/C22H27N5O2/c1-15(2)19-7-5-6-16(3)21(19)25-20-14-24-27-22(26-20)23-12-13-29-18-10-8-17(28-4)9-11-18/h5-11,14-15H,12-13H2,1-4H3,(H2,23,25,26,27). The Morgan fingerprint density at radius 2 is 1.79 bits per heavy atom. The van der Waals surface area contributed by atoms with Crippen molar-refractivity contribution in [2.75, 3.05) is 30.9 Å². The van der Waals surface area contributed by atoms with E-state index in [0.717, 1.165) is 22.7 Å². The van der Waals surface area contributed by atoms with Crippen molar-refractivity contribution in [3.63, 3.8) is 0 Å². The van der Waals surface area contributed by atoms with Gasteiger partial charge in [-0.1, -0.05) is 32.0 Å². The van der Waals surface area contributed by atoms with Crippen molar-refractivity contribution in [2.24, 2.45) is 0 Å². The molecule has 0 amide bonds. The highest BCUT2D eigenvalue weighted by Crippen LogP contribution is 2.29. The van der Waals surface area contributed by atoms with Crippen LogP contribution in [0.1, 0.15) is 30.9 Å². The summed E-state index contributed by atoms with van der Waals surface area (Å²) in [6, 6.07) is 13.8. The van der Waals surface area contributed by atoms with Crippen LogP contribution in [0.25, 0.3) is 0 Å². The molecule has 0 saturated heterocycles. The number of nitrogens with zero attached hydrogens (tertiary/aromatic N) is 3. The zero-order chi connectivity index (χ0) is 20.6. The van der Waals surface area contributed by atoms with Crippen LogP contribution in [0.5, 0.6) is 11.5 Å². The molecule has 0 aliphatic rings. The first-order valence-corrected chi connectivity index (χ1v) is 9.64. The van der Waals surface area contributed by atoms with Crippen molar-refractivity contribution in [2.45, 2.75) is 26.7 Å². The molecule has 0 fully saturated rings. The van der Waals surface area contributed by atoms with Crippen molar-refractivity contribution in [1.29, 1.82) is 0 Å². The van der Waals surface area contributed by atoms with Gasteiger partial charge in [-0.05, 0) is 48.2 Å². The van der Waals surface area contributed by atoms with E-state index in [0.29, 0.717) is 30.8 Å². The Hall–Kier alpha value is -3.35. The highest BCUT2D eigenvalue weighted by atomic mass is 16.5. The van der Waals surface area contributed by atoms with Crippen molar-refractivity contribution < 1.29 is 9.47 Å². The Bertz CT molecular complexity index is 929. The summed E-state index contributed by atoms with van der Waals surface area (Å²) in [5, 5.41) is 14.6. The minimum absolute atomic E-state index is 0.403. The maximum atomic E-state index is 5.70. The third kappa shape index (κ3) is 5.57. The average Bonchev–Trinajstić information content (AvgIpc) is 2.73. The second-order valence-corrected chi connectivity index (χ2v) is 6.93. The van der Waals surface area contributed by atoms with Gasteiger partial charge in [-0.2, -0.15) is 10.1 Å². The van der Waals surface area contributed by atoms with E-state index in [4.69, 9.17) is 9.47 Å². The maximum Gasteiger partial charge on any atom is 0.244 e. The number of para-hydroxylation sites is 1. The van der Waals surface area contributed by atoms with Gasteiger partial charge in [0.15, 0.2) is 5.82 Å². The number of aryl methyl sites for hydroxylation is 1. The smallest absolute Gasteiger partial charge is 0.244 e. The van der Waals surface area contributed by atoms with Gasteiger partial charge >= 0.3 is 0 Å². The van der Waals surface area contributed by atoms with Gasteiger partial charge in [0.25, 0.3) is 0 Å². The molecule has 0 aliphatic heterocycles. The van der Waals surface area contributed by atoms with E-state index >= 15 is 0 Å². The van der Waals surface area contributed by atoms with E-state index in [1.165, 1.54) is 5.56 Å². The normalized spacial score (nSPS) is 10.7. The summed E-state index contributed by atoms with van der Waals surface area (Å²) in [4.78, 5) is 4.51. The Kier molecular flexibility index (Phi) is 6.84. The molecule has 0 atom stereocenters. The fourth-order valence-electron chi connectivity index (χ4n) is 2.91. The topological polar surface area (TPSA) is 81.2 Å². The second kappa shape index (κ2) is 9.73. The fraction of sp³-hybridized carbons (Fsp3) is 0.318. The van der Waals surface area contributed by atoms with Crippen LogP contribution < -0.4 is 20.1 Å². The second-order valence-electron chi connectivity index (χ2n) is 6.93. The molecule has 152 valence electrons. The van der Waals surface area contributed by atoms with Crippen molar-refractivity contribution in [3.8, 4) is 11.5 Å². The lowest BCUT2D eigenvalue weighted by atomic mass is 9.98. The number of ether oxygens (including phenoxy) is 2. The van der Waals surface area contributed by atoms with Crippen LogP contribution in [0.3, 0.4) is 0 Å². The minimum atomic E-state index is 0.403. The summed E-state index contributed by atoms with van der Waals surface area (Å²) >= 11 is 0. The monoisotopic (exact) mass is 393 g/mol. The van der Waals surface area contributed by atoms with Gasteiger partial charge in [0.1, 0.15) is 18.1 Å². The van der Waals surface area contributed by atoms with Crippen molar-refractivity contribution in [3.05, 3.63) is 59.8 Å². The molecule has 0 radical (unpaired) electrons. The molecule has 3 aromatic rings. The van der Waals surface area contributed by atoms with Crippen LogP contribution in [0.2, 0.25) is 0 Å². The number of benzene rings is 2. The van der Waals surface area contributed by atoms with E-state index < -0.39 is 0 Å². The lowest BCUT2D eigenvalue weighted by Crippen LogP contribution is -2.14. The number of methoxy groups -OCH3 is 1. The molecule has 1 aromatic heterocycles. The molecule has 0 aliphatic carbocycles. The molecule has 1 heterocycles.